The smallest absolute Gasteiger partial charge is 0.142 e. The Bertz CT molecular complexity index is 412. The molecule has 3 heteroatoms. The van der Waals surface area contributed by atoms with Gasteiger partial charge in [0, 0.05) is 12.6 Å². The SMILES string of the molecule is CNC1(c2ccc3c(c2)N(C)CCO3)CC1. The normalized spacial score (nSPS) is 21.2. The molecule has 0 spiro atoms. The summed E-state index contributed by atoms with van der Waals surface area (Å²) in [5.74, 6) is 1.02. The monoisotopic (exact) mass is 218 g/mol. The van der Waals surface area contributed by atoms with E-state index in [1.54, 1.807) is 0 Å². The molecule has 0 unspecified atom stereocenters. The fourth-order valence-electron chi connectivity index (χ4n) is 2.46. The van der Waals surface area contributed by atoms with Crippen LogP contribution in [0.5, 0.6) is 5.75 Å². The molecule has 1 N–H and O–H groups in total. The number of ether oxygens (including phenoxy) is 1. The maximum Gasteiger partial charge on any atom is 0.142 e. The molecule has 1 aliphatic heterocycles. The standard InChI is InChI=1S/C13H18N2O/c1-14-13(5-6-13)10-3-4-12-11(9-10)15(2)7-8-16-12/h3-4,9,14H,5-8H2,1-2H3. The van der Waals surface area contributed by atoms with E-state index in [1.807, 2.05) is 7.05 Å². The summed E-state index contributed by atoms with van der Waals surface area (Å²) in [5, 5.41) is 3.43. The van der Waals surface area contributed by atoms with Crippen LogP contribution in [-0.2, 0) is 5.54 Å². The van der Waals surface area contributed by atoms with Gasteiger partial charge in [0.15, 0.2) is 0 Å². The summed E-state index contributed by atoms with van der Waals surface area (Å²) < 4.78 is 5.65. The van der Waals surface area contributed by atoms with Crippen LogP contribution in [0.1, 0.15) is 18.4 Å². The molecule has 2 aliphatic rings. The first-order chi connectivity index (χ1) is 7.75. The Labute approximate surface area is 96.4 Å². The van der Waals surface area contributed by atoms with Gasteiger partial charge in [-0.25, -0.2) is 0 Å². The van der Waals surface area contributed by atoms with Crippen molar-refractivity contribution in [2.45, 2.75) is 18.4 Å². The van der Waals surface area contributed by atoms with Crippen molar-refractivity contribution >= 4 is 5.69 Å². The predicted molar refractivity (Wildman–Crippen MR) is 65.2 cm³/mol. The molecular weight excluding hydrogens is 200 g/mol. The zero-order valence-electron chi connectivity index (χ0n) is 9.92. The summed E-state index contributed by atoms with van der Waals surface area (Å²) >= 11 is 0. The maximum absolute atomic E-state index is 5.65. The Kier molecular flexibility index (Phi) is 2.11. The van der Waals surface area contributed by atoms with E-state index in [9.17, 15) is 0 Å². The number of hydrogen-bond donors (Lipinski definition) is 1. The third-order valence-electron chi connectivity index (χ3n) is 3.84. The van der Waals surface area contributed by atoms with Crippen LogP contribution in [0.3, 0.4) is 0 Å². The minimum atomic E-state index is 0.243. The van der Waals surface area contributed by atoms with Crippen molar-refractivity contribution in [1.82, 2.24) is 5.32 Å². The van der Waals surface area contributed by atoms with Crippen LogP contribution < -0.4 is 15.0 Å². The molecule has 0 atom stereocenters. The van der Waals surface area contributed by atoms with Gasteiger partial charge in [-0.2, -0.15) is 0 Å². The summed E-state index contributed by atoms with van der Waals surface area (Å²) in [5.41, 5.74) is 2.87. The van der Waals surface area contributed by atoms with Gasteiger partial charge in [-0.1, -0.05) is 6.07 Å². The zero-order valence-corrected chi connectivity index (χ0v) is 9.92. The van der Waals surface area contributed by atoms with Crippen molar-refractivity contribution in [2.24, 2.45) is 0 Å². The number of nitrogens with zero attached hydrogens (tertiary/aromatic N) is 1. The second kappa shape index (κ2) is 3.39. The number of hydrogen-bond acceptors (Lipinski definition) is 3. The molecule has 1 aromatic rings. The van der Waals surface area contributed by atoms with Gasteiger partial charge in [0.25, 0.3) is 0 Å². The summed E-state index contributed by atoms with van der Waals surface area (Å²) in [7, 11) is 4.18. The number of likely N-dealkylation sites (N-methyl/N-ethyl adjacent to an activating group) is 1. The van der Waals surface area contributed by atoms with Crippen molar-refractivity contribution in [3.05, 3.63) is 23.8 Å². The van der Waals surface area contributed by atoms with E-state index in [0.717, 1.165) is 18.9 Å². The Hall–Kier alpha value is -1.22. The Morgan fingerprint density at radius 2 is 2.19 bits per heavy atom. The highest BCUT2D eigenvalue weighted by molar-refractivity contribution is 5.62. The molecule has 1 saturated carbocycles. The first-order valence-corrected chi connectivity index (χ1v) is 5.92. The lowest BCUT2D eigenvalue weighted by molar-refractivity contribution is 0.311. The van der Waals surface area contributed by atoms with E-state index in [1.165, 1.54) is 24.1 Å². The fraction of sp³-hybridized carbons (Fsp3) is 0.538. The Morgan fingerprint density at radius 3 is 2.88 bits per heavy atom. The molecule has 1 aliphatic carbocycles. The van der Waals surface area contributed by atoms with Gasteiger partial charge in [-0.15, -0.1) is 0 Å². The van der Waals surface area contributed by atoms with Crippen molar-refractivity contribution in [2.75, 3.05) is 32.1 Å². The van der Waals surface area contributed by atoms with E-state index in [-0.39, 0.29) is 5.54 Å². The number of fused-ring (bicyclic) bond motifs is 1. The van der Waals surface area contributed by atoms with E-state index in [2.05, 4.69) is 35.5 Å². The average Bonchev–Trinajstić information content (AvgIpc) is 3.10. The van der Waals surface area contributed by atoms with Gasteiger partial charge < -0.3 is 15.0 Å². The molecule has 86 valence electrons. The number of anilines is 1. The van der Waals surface area contributed by atoms with Crippen LogP contribution in [0.2, 0.25) is 0 Å². The highest BCUT2D eigenvalue weighted by atomic mass is 16.5. The average molecular weight is 218 g/mol. The topological polar surface area (TPSA) is 24.5 Å². The van der Waals surface area contributed by atoms with Crippen molar-refractivity contribution in [3.63, 3.8) is 0 Å². The van der Waals surface area contributed by atoms with Gasteiger partial charge >= 0.3 is 0 Å². The number of nitrogens with one attached hydrogen (secondary N) is 1. The third-order valence-corrected chi connectivity index (χ3v) is 3.84. The van der Waals surface area contributed by atoms with E-state index >= 15 is 0 Å². The van der Waals surface area contributed by atoms with Crippen molar-refractivity contribution in [1.29, 1.82) is 0 Å². The van der Waals surface area contributed by atoms with Crippen LogP contribution >= 0.6 is 0 Å². The molecule has 3 nitrogen and oxygen atoms in total. The number of benzene rings is 1. The van der Waals surface area contributed by atoms with Crippen LogP contribution in [0, 0.1) is 0 Å². The van der Waals surface area contributed by atoms with Gasteiger partial charge in [0.2, 0.25) is 0 Å². The molecule has 0 saturated heterocycles. The van der Waals surface area contributed by atoms with Crippen LogP contribution in [0.4, 0.5) is 5.69 Å². The summed E-state index contributed by atoms with van der Waals surface area (Å²) in [6, 6.07) is 6.58. The summed E-state index contributed by atoms with van der Waals surface area (Å²) in [6.07, 6.45) is 2.49. The highest BCUT2D eigenvalue weighted by Crippen LogP contribution is 2.47. The molecule has 0 radical (unpaired) electrons. The molecule has 16 heavy (non-hydrogen) atoms. The molecule has 3 rings (SSSR count). The predicted octanol–water partition coefficient (Wildman–Crippen LogP) is 1.72. The second-order valence-corrected chi connectivity index (χ2v) is 4.78. The molecular formula is C13H18N2O. The minimum Gasteiger partial charge on any atom is -0.490 e. The Balaban J connectivity index is 2.01. The van der Waals surface area contributed by atoms with Gasteiger partial charge in [-0.3, -0.25) is 0 Å². The first kappa shape index (κ1) is 9.97. The zero-order chi connectivity index (χ0) is 11.2. The highest BCUT2D eigenvalue weighted by Gasteiger charge is 2.43. The van der Waals surface area contributed by atoms with Crippen LogP contribution in [0.25, 0.3) is 0 Å². The second-order valence-electron chi connectivity index (χ2n) is 4.78. The molecule has 1 aromatic carbocycles. The van der Waals surface area contributed by atoms with E-state index in [4.69, 9.17) is 4.74 Å². The third kappa shape index (κ3) is 1.39. The minimum absolute atomic E-state index is 0.243. The Morgan fingerprint density at radius 1 is 1.38 bits per heavy atom. The molecule has 0 bridgehead atoms. The van der Waals surface area contributed by atoms with E-state index < -0.39 is 0 Å². The van der Waals surface area contributed by atoms with Crippen molar-refractivity contribution < 1.29 is 4.74 Å². The van der Waals surface area contributed by atoms with Crippen LogP contribution in [-0.4, -0.2) is 27.2 Å². The number of rotatable bonds is 2. The largest absolute Gasteiger partial charge is 0.490 e. The van der Waals surface area contributed by atoms with E-state index in [0.29, 0.717) is 0 Å². The van der Waals surface area contributed by atoms with Gasteiger partial charge in [0.05, 0.1) is 12.2 Å². The maximum atomic E-state index is 5.65. The summed E-state index contributed by atoms with van der Waals surface area (Å²) in [4.78, 5) is 2.27. The van der Waals surface area contributed by atoms with Crippen LogP contribution in [0.15, 0.2) is 18.2 Å². The lowest BCUT2D eigenvalue weighted by atomic mass is 10.0. The molecule has 1 fully saturated rings. The molecule has 1 heterocycles. The summed E-state index contributed by atoms with van der Waals surface area (Å²) in [6.45, 7) is 1.77. The lowest BCUT2D eigenvalue weighted by Crippen LogP contribution is -2.30. The molecule has 0 aromatic heterocycles. The van der Waals surface area contributed by atoms with Crippen molar-refractivity contribution in [3.8, 4) is 5.75 Å². The van der Waals surface area contributed by atoms with Gasteiger partial charge in [-0.05, 0) is 37.6 Å². The molecule has 0 amide bonds. The van der Waals surface area contributed by atoms with Gasteiger partial charge in [0.1, 0.15) is 12.4 Å². The quantitative estimate of drug-likeness (QED) is 0.818. The fourth-order valence-corrected chi connectivity index (χ4v) is 2.46. The lowest BCUT2D eigenvalue weighted by Gasteiger charge is -2.29. The first-order valence-electron chi connectivity index (χ1n) is 5.92.